The van der Waals surface area contributed by atoms with Gasteiger partial charge in [0.2, 0.25) is 0 Å². The molecule has 3 aliphatic rings. The molecule has 0 saturated carbocycles. The maximum atomic E-state index is 13.8. The van der Waals surface area contributed by atoms with Crippen molar-refractivity contribution < 1.29 is 22.5 Å². The van der Waals surface area contributed by atoms with Gasteiger partial charge in [0.15, 0.2) is 5.82 Å². The Kier molecular flexibility index (Phi) is 8.42. The van der Waals surface area contributed by atoms with Gasteiger partial charge in [-0.15, -0.1) is 0 Å². The lowest BCUT2D eigenvalue weighted by molar-refractivity contribution is 0.0904. The summed E-state index contributed by atoms with van der Waals surface area (Å²) in [4.78, 5) is 16.1. The molecule has 0 spiro atoms. The van der Waals surface area contributed by atoms with Gasteiger partial charge in [0.1, 0.15) is 22.6 Å². The summed E-state index contributed by atoms with van der Waals surface area (Å²) in [6.07, 6.45) is 4.67. The smallest absolute Gasteiger partial charge is 0.258 e. The number of carbonyl (C=O) groups excluding carboxylic acids is 1. The van der Waals surface area contributed by atoms with Crippen LogP contribution in [0.25, 0.3) is 0 Å². The fourth-order valence-corrected chi connectivity index (χ4v) is 6.96. The summed E-state index contributed by atoms with van der Waals surface area (Å²) in [5, 5.41) is 13.9. The first-order valence-electron chi connectivity index (χ1n) is 14.1. The minimum atomic E-state index is -1.78. The van der Waals surface area contributed by atoms with E-state index in [1.165, 1.54) is 12.8 Å². The molecule has 1 aromatic heterocycles. The van der Waals surface area contributed by atoms with Crippen LogP contribution in [0.1, 0.15) is 52.9 Å². The average Bonchev–Trinajstić information content (AvgIpc) is 3.62. The lowest BCUT2D eigenvalue weighted by Crippen LogP contribution is -2.32. The zero-order valence-corrected chi connectivity index (χ0v) is 23.6. The van der Waals surface area contributed by atoms with E-state index in [4.69, 9.17) is 4.74 Å². The van der Waals surface area contributed by atoms with E-state index >= 15 is 0 Å². The number of halogens is 2. The minimum Gasteiger partial charge on any atom is -0.381 e. The van der Waals surface area contributed by atoms with Gasteiger partial charge in [-0.1, -0.05) is 6.07 Å². The van der Waals surface area contributed by atoms with Crippen molar-refractivity contribution in [2.75, 3.05) is 43.5 Å². The molecule has 1 amide bonds. The van der Waals surface area contributed by atoms with Crippen LogP contribution in [-0.4, -0.2) is 68.4 Å². The minimum absolute atomic E-state index is 0.0536. The van der Waals surface area contributed by atoms with Crippen molar-refractivity contribution >= 4 is 28.4 Å². The maximum absolute atomic E-state index is 13.8. The van der Waals surface area contributed by atoms with Crippen molar-refractivity contribution in [1.29, 1.82) is 0 Å². The van der Waals surface area contributed by atoms with Gasteiger partial charge in [-0.05, 0) is 68.6 Å². The van der Waals surface area contributed by atoms with E-state index in [1.807, 2.05) is 12.1 Å². The third kappa shape index (κ3) is 6.50. The Hall–Kier alpha value is -3.19. The number of H-pyrrole nitrogens is 1. The molecular weight excluding hydrogens is 550 g/mol. The summed E-state index contributed by atoms with van der Waals surface area (Å²) in [6.45, 7) is 5.01. The standard InChI is InChI=1S/C29H34F2N6O3S/c30-20-14-21(31)16-23(15-20)41(39)37-10-5-26-25(18-37)28(35-34-26)33-29(38)24-4-3-19(17-36-8-1-2-9-36)13-27(24)32-22-6-11-40-12-7-22/h3-4,13-16,22,32H,1-2,5-12,17-18H2,(H2,33,34,35,38). The zero-order valence-electron chi connectivity index (χ0n) is 22.8. The maximum Gasteiger partial charge on any atom is 0.258 e. The first kappa shape index (κ1) is 28.0. The number of aromatic amines is 1. The third-order valence-corrected chi connectivity index (χ3v) is 9.34. The predicted octanol–water partition coefficient (Wildman–Crippen LogP) is 4.21. The zero-order chi connectivity index (χ0) is 28.3. The van der Waals surface area contributed by atoms with Crippen molar-refractivity contribution in [3.63, 3.8) is 0 Å². The number of amides is 1. The topological polar surface area (TPSA) is 103 Å². The highest BCUT2D eigenvalue weighted by Gasteiger charge is 2.28. The molecule has 2 fully saturated rings. The second-order valence-corrected chi connectivity index (χ2v) is 12.3. The molecule has 3 N–H and O–H groups in total. The van der Waals surface area contributed by atoms with Crippen molar-refractivity contribution in [3.05, 3.63) is 70.4 Å². The van der Waals surface area contributed by atoms with E-state index in [0.717, 1.165) is 67.6 Å². The molecule has 3 aliphatic heterocycles. The Morgan fingerprint density at radius 1 is 1.07 bits per heavy atom. The van der Waals surface area contributed by atoms with E-state index in [1.54, 1.807) is 4.31 Å². The number of rotatable bonds is 8. The Morgan fingerprint density at radius 2 is 1.83 bits per heavy atom. The summed E-state index contributed by atoms with van der Waals surface area (Å²) in [5.41, 5.74) is 4.00. The van der Waals surface area contributed by atoms with E-state index < -0.39 is 22.6 Å². The number of aromatic nitrogens is 2. The molecule has 0 radical (unpaired) electrons. The SMILES string of the molecule is O=C(Nc1n[nH]c2c1CN(S(=O)c1cc(F)cc(F)c1)CC2)c1ccc(CN2CCCC2)cc1NC1CCOCC1. The monoisotopic (exact) mass is 584 g/mol. The van der Waals surface area contributed by atoms with Crippen molar-refractivity contribution in [3.8, 4) is 0 Å². The number of fused-ring (bicyclic) bond motifs is 1. The molecular formula is C29H34F2N6O3S. The molecule has 0 bridgehead atoms. The first-order chi connectivity index (χ1) is 19.9. The van der Waals surface area contributed by atoms with Crippen LogP contribution < -0.4 is 10.6 Å². The largest absolute Gasteiger partial charge is 0.381 e. The molecule has 3 aromatic rings. The second kappa shape index (κ2) is 12.4. The number of likely N-dealkylation sites (tertiary alicyclic amines) is 1. The van der Waals surface area contributed by atoms with Gasteiger partial charge in [0.25, 0.3) is 5.91 Å². The van der Waals surface area contributed by atoms with Crippen LogP contribution in [-0.2, 0) is 35.2 Å². The Balaban J connectivity index is 1.21. The van der Waals surface area contributed by atoms with Crippen LogP contribution in [0.2, 0.25) is 0 Å². The van der Waals surface area contributed by atoms with Crippen molar-refractivity contribution in [2.24, 2.45) is 0 Å². The number of benzene rings is 2. The lowest BCUT2D eigenvalue weighted by Gasteiger charge is -2.26. The lowest BCUT2D eigenvalue weighted by atomic mass is 10.0. The number of anilines is 2. The fraction of sp³-hybridized carbons (Fsp3) is 0.448. The van der Waals surface area contributed by atoms with Crippen LogP contribution in [0.15, 0.2) is 41.3 Å². The van der Waals surface area contributed by atoms with Crippen LogP contribution >= 0.6 is 0 Å². The van der Waals surface area contributed by atoms with Crippen LogP contribution in [0.5, 0.6) is 0 Å². The quantitative estimate of drug-likeness (QED) is 0.367. The number of hydrogen-bond donors (Lipinski definition) is 3. The van der Waals surface area contributed by atoms with E-state index in [-0.39, 0.29) is 23.4 Å². The van der Waals surface area contributed by atoms with Gasteiger partial charge in [-0.2, -0.15) is 5.10 Å². The van der Waals surface area contributed by atoms with Crippen molar-refractivity contribution in [1.82, 2.24) is 19.4 Å². The Bertz CT molecular complexity index is 1420. The molecule has 218 valence electrons. The van der Waals surface area contributed by atoms with Gasteiger partial charge in [-0.25, -0.2) is 17.3 Å². The highest BCUT2D eigenvalue weighted by atomic mass is 32.2. The Labute approximate surface area is 240 Å². The molecule has 2 saturated heterocycles. The van der Waals surface area contributed by atoms with Gasteiger partial charge >= 0.3 is 0 Å². The number of nitrogens with one attached hydrogen (secondary N) is 3. The van der Waals surface area contributed by atoms with E-state index in [0.29, 0.717) is 43.1 Å². The molecule has 41 heavy (non-hydrogen) atoms. The molecule has 1 unspecified atom stereocenters. The number of ether oxygens (including phenoxy) is 1. The molecule has 2 aromatic carbocycles. The molecule has 1 atom stereocenters. The second-order valence-electron chi connectivity index (χ2n) is 10.8. The number of nitrogens with zero attached hydrogens (tertiary/aromatic N) is 3. The van der Waals surface area contributed by atoms with E-state index in [2.05, 4.69) is 31.8 Å². The summed E-state index contributed by atoms with van der Waals surface area (Å²) in [7, 11) is -1.78. The van der Waals surface area contributed by atoms with Crippen molar-refractivity contribution in [2.45, 2.75) is 56.1 Å². The summed E-state index contributed by atoms with van der Waals surface area (Å²) >= 11 is 0. The van der Waals surface area contributed by atoms with Gasteiger partial charge in [-0.3, -0.25) is 14.8 Å². The predicted molar refractivity (Wildman–Crippen MR) is 152 cm³/mol. The van der Waals surface area contributed by atoms with Crippen LogP contribution in [0, 0.1) is 11.6 Å². The number of hydrogen-bond acceptors (Lipinski definition) is 6. The fourth-order valence-electron chi connectivity index (χ4n) is 5.74. The van der Waals surface area contributed by atoms with Gasteiger partial charge in [0, 0.05) is 68.3 Å². The van der Waals surface area contributed by atoms with Gasteiger partial charge < -0.3 is 15.4 Å². The average molecular weight is 585 g/mol. The van der Waals surface area contributed by atoms with Crippen LogP contribution in [0.4, 0.5) is 20.3 Å². The van der Waals surface area contributed by atoms with E-state index in [9.17, 15) is 17.8 Å². The normalized spacial score (nSPS) is 19.2. The highest BCUT2D eigenvalue weighted by molar-refractivity contribution is 7.82. The Morgan fingerprint density at radius 3 is 2.59 bits per heavy atom. The van der Waals surface area contributed by atoms with Crippen LogP contribution in [0.3, 0.4) is 0 Å². The third-order valence-electron chi connectivity index (χ3n) is 7.92. The molecule has 12 heteroatoms. The first-order valence-corrected chi connectivity index (χ1v) is 15.2. The molecule has 4 heterocycles. The summed E-state index contributed by atoms with van der Waals surface area (Å²) in [6, 6.07) is 9.06. The van der Waals surface area contributed by atoms with Gasteiger partial charge in [0.05, 0.1) is 10.5 Å². The molecule has 9 nitrogen and oxygen atoms in total. The number of carbonyl (C=O) groups is 1. The molecule has 0 aliphatic carbocycles. The highest BCUT2D eigenvalue weighted by Crippen LogP contribution is 2.29. The summed E-state index contributed by atoms with van der Waals surface area (Å²) in [5.74, 6) is -1.50. The molecule has 6 rings (SSSR count). The summed E-state index contributed by atoms with van der Waals surface area (Å²) < 4.78 is 47.8.